The first-order chi connectivity index (χ1) is 8.81. The molecule has 1 atom stereocenters. The lowest BCUT2D eigenvalue weighted by Crippen LogP contribution is -1.99. The fourth-order valence-electron chi connectivity index (χ4n) is 1.95. The van der Waals surface area contributed by atoms with E-state index in [-0.39, 0.29) is 5.92 Å². The minimum atomic E-state index is 0.261. The summed E-state index contributed by atoms with van der Waals surface area (Å²) in [5.41, 5.74) is 1.81. The predicted molar refractivity (Wildman–Crippen MR) is 73.2 cm³/mol. The van der Waals surface area contributed by atoms with E-state index in [1.807, 2.05) is 24.3 Å². The molecule has 0 radical (unpaired) electrons. The summed E-state index contributed by atoms with van der Waals surface area (Å²) >= 11 is 0. The van der Waals surface area contributed by atoms with Gasteiger partial charge in [0.05, 0.1) is 11.6 Å². The van der Waals surface area contributed by atoms with Crippen LogP contribution in [0, 0.1) is 11.3 Å². The average Bonchev–Trinajstić information content (AvgIpc) is 2.42. The number of carbonyl (C=O) groups is 1. The number of allylic oxidation sites excluding steroid dienone is 2. The highest BCUT2D eigenvalue weighted by Crippen LogP contribution is 2.24. The van der Waals surface area contributed by atoms with Crippen LogP contribution >= 0.6 is 0 Å². The zero-order chi connectivity index (χ0) is 13.2. The number of hydrogen-bond donors (Lipinski definition) is 0. The molecule has 0 aromatic heterocycles. The van der Waals surface area contributed by atoms with Gasteiger partial charge in [-0.1, -0.05) is 31.2 Å². The second kappa shape index (κ2) is 8.25. The van der Waals surface area contributed by atoms with Gasteiger partial charge in [0.15, 0.2) is 0 Å². The lowest BCUT2D eigenvalue weighted by atomic mass is 9.91. The number of aldehydes is 1. The Balaban J connectivity index is 2.67. The third kappa shape index (κ3) is 4.55. The summed E-state index contributed by atoms with van der Waals surface area (Å²) in [5.74, 6) is 0.261. The van der Waals surface area contributed by atoms with E-state index in [1.54, 1.807) is 0 Å². The van der Waals surface area contributed by atoms with E-state index in [0.717, 1.165) is 31.1 Å². The normalized spacial score (nSPS) is 12.2. The molecule has 0 saturated carbocycles. The summed E-state index contributed by atoms with van der Waals surface area (Å²) in [6, 6.07) is 9.64. The topological polar surface area (TPSA) is 40.9 Å². The van der Waals surface area contributed by atoms with Crippen molar-refractivity contribution in [2.45, 2.75) is 38.5 Å². The van der Waals surface area contributed by atoms with Gasteiger partial charge < -0.3 is 4.79 Å². The Kier molecular flexibility index (Phi) is 6.50. The lowest BCUT2D eigenvalue weighted by molar-refractivity contribution is -0.108. The molecule has 2 nitrogen and oxygen atoms in total. The van der Waals surface area contributed by atoms with Gasteiger partial charge in [-0.25, -0.2) is 0 Å². The van der Waals surface area contributed by atoms with Crippen LogP contribution in [0.15, 0.2) is 36.4 Å². The molecule has 0 N–H and O–H groups in total. The van der Waals surface area contributed by atoms with E-state index >= 15 is 0 Å². The summed E-state index contributed by atoms with van der Waals surface area (Å²) in [7, 11) is 0. The Morgan fingerprint density at radius 1 is 1.28 bits per heavy atom. The van der Waals surface area contributed by atoms with Crippen LogP contribution in [0.5, 0.6) is 0 Å². The zero-order valence-electron chi connectivity index (χ0n) is 10.8. The van der Waals surface area contributed by atoms with Crippen molar-refractivity contribution >= 4 is 6.29 Å². The summed E-state index contributed by atoms with van der Waals surface area (Å²) in [4.78, 5) is 10.7. The molecule has 0 amide bonds. The fraction of sp³-hybridized carbons (Fsp3) is 0.375. The van der Waals surface area contributed by atoms with Crippen LogP contribution in [-0.4, -0.2) is 6.29 Å². The van der Waals surface area contributed by atoms with Crippen molar-refractivity contribution in [3.8, 4) is 6.07 Å². The molecule has 1 aromatic carbocycles. The number of rotatable bonds is 7. The Labute approximate surface area is 109 Å². The molecule has 0 bridgehead atoms. The van der Waals surface area contributed by atoms with Gasteiger partial charge in [0.2, 0.25) is 0 Å². The predicted octanol–water partition coefficient (Wildman–Crippen LogP) is 3.98. The molecule has 2 heteroatoms. The standard InChI is InChI=1S/C16H19NO/c1-2-3-4-5-6-15(11-12-18)16-9-7-14(13-17)8-10-16/h3-4,7-10,12,15H,2,5-6,11H2,1H3/b4-3+/t15-/m0/s1. The van der Waals surface area contributed by atoms with E-state index in [0.29, 0.717) is 12.0 Å². The molecule has 1 rings (SSSR count). The van der Waals surface area contributed by atoms with Gasteiger partial charge >= 0.3 is 0 Å². The zero-order valence-corrected chi connectivity index (χ0v) is 10.8. The molecule has 0 saturated heterocycles. The lowest BCUT2D eigenvalue weighted by Gasteiger charge is -2.13. The summed E-state index contributed by atoms with van der Waals surface area (Å²) < 4.78 is 0. The van der Waals surface area contributed by atoms with E-state index in [4.69, 9.17) is 5.26 Å². The van der Waals surface area contributed by atoms with Crippen molar-refractivity contribution in [1.82, 2.24) is 0 Å². The van der Waals surface area contributed by atoms with E-state index in [1.165, 1.54) is 0 Å². The molecule has 0 heterocycles. The molecule has 0 spiro atoms. The number of carbonyl (C=O) groups excluding carboxylic acids is 1. The van der Waals surface area contributed by atoms with Crippen LogP contribution in [0.2, 0.25) is 0 Å². The van der Waals surface area contributed by atoms with Crippen LogP contribution in [0.1, 0.15) is 49.7 Å². The highest BCUT2D eigenvalue weighted by atomic mass is 16.1. The Morgan fingerprint density at radius 3 is 2.56 bits per heavy atom. The second-order valence-corrected chi connectivity index (χ2v) is 4.29. The van der Waals surface area contributed by atoms with Crippen molar-refractivity contribution in [3.05, 3.63) is 47.5 Å². The monoisotopic (exact) mass is 241 g/mol. The third-order valence-corrected chi connectivity index (χ3v) is 2.98. The van der Waals surface area contributed by atoms with Crippen LogP contribution in [0.4, 0.5) is 0 Å². The molecular formula is C16H19NO. The van der Waals surface area contributed by atoms with Crippen molar-refractivity contribution in [1.29, 1.82) is 5.26 Å². The fourth-order valence-corrected chi connectivity index (χ4v) is 1.95. The minimum Gasteiger partial charge on any atom is -0.303 e. The van der Waals surface area contributed by atoms with Gasteiger partial charge in [0, 0.05) is 6.42 Å². The molecule has 18 heavy (non-hydrogen) atoms. The van der Waals surface area contributed by atoms with Crippen molar-refractivity contribution < 1.29 is 4.79 Å². The van der Waals surface area contributed by atoms with Crippen molar-refractivity contribution in [2.75, 3.05) is 0 Å². The molecule has 0 aliphatic rings. The van der Waals surface area contributed by atoms with E-state index in [9.17, 15) is 4.79 Å². The summed E-state index contributed by atoms with van der Waals surface area (Å²) in [6.07, 6.45) is 8.86. The molecular weight excluding hydrogens is 222 g/mol. The third-order valence-electron chi connectivity index (χ3n) is 2.98. The van der Waals surface area contributed by atoms with Gasteiger partial charge in [-0.15, -0.1) is 0 Å². The van der Waals surface area contributed by atoms with E-state index < -0.39 is 0 Å². The number of hydrogen-bond acceptors (Lipinski definition) is 2. The van der Waals surface area contributed by atoms with Gasteiger partial charge in [-0.3, -0.25) is 0 Å². The smallest absolute Gasteiger partial charge is 0.120 e. The first kappa shape index (κ1) is 14.2. The molecule has 0 fully saturated rings. The number of nitrogens with zero attached hydrogens (tertiary/aromatic N) is 1. The van der Waals surface area contributed by atoms with Gasteiger partial charge in [0.1, 0.15) is 6.29 Å². The molecule has 1 aromatic rings. The van der Waals surface area contributed by atoms with Crippen LogP contribution in [0.3, 0.4) is 0 Å². The molecule has 0 unspecified atom stereocenters. The number of nitriles is 1. The molecule has 94 valence electrons. The van der Waals surface area contributed by atoms with Crippen molar-refractivity contribution in [3.63, 3.8) is 0 Å². The van der Waals surface area contributed by atoms with Gasteiger partial charge in [-0.2, -0.15) is 5.26 Å². The largest absolute Gasteiger partial charge is 0.303 e. The first-order valence-corrected chi connectivity index (χ1v) is 6.40. The molecule has 0 aliphatic heterocycles. The van der Waals surface area contributed by atoms with Crippen LogP contribution < -0.4 is 0 Å². The Bertz CT molecular complexity index is 425. The van der Waals surface area contributed by atoms with Crippen molar-refractivity contribution in [2.24, 2.45) is 0 Å². The minimum absolute atomic E-state index is 0.261. The maximum absolute atomic E-state index is 10.7. The number of benzene rings is 1. The maximum atomic E-state index is 10.7. The second-order valence-electron chi connectivity index (χ2n) is 4.29. The van der Waals surface area contributed by atoms with E-state index in [2.05, 4.69) is 25.1 Å². The summed E-state index contributed by atoms with van der Waals surface area (Å²) in [6.45, 7) is 2.11. The first-order valence-electron chi connectivity index (χ1n) is 6.40. The average molecular weight is 241 g/mol. The van der Waals surface area contributed by atoms with Gasteiger partial charge in [-0.05, 0) is 42.9 Å². The van der Waals surface area contributed by atoms with Crippen LogP contribution in [-0.2, 0) is 4.79 Å². The highest BCUT2D eigenvalue weighted by molar-refractivity contribution is 5.51. The quantitative estimate of drug-likeness (QED) is 0.535. The Morgan fingerprint density at radius 2 is 2.00 bits per heavy atom. The summed E-state index contributed by atoms with van der Waals surface area (Å²) in [5, 5.41) is 8.76. The molecule has 0 aliphatic carbocycles. The SMILES string of the molecule is CC/C=C/CC[C@@H](CC=O)c1ccc(C#N)cc1. The maximum Gasteiger partial charge on any atom is 0.120 e. The Hall–Kier alpha value is -1.88. The van der Waals surface area contributed by atoms with Crippen LogP contribution in [0.25, 0.3) is 0 Å². The highest BCUT2D eigenvalue weighted by Gasteiger charge is 2.10. The van der Waals surface area contributed by atoms with Gasteiger partial charge in [0.25, 0.3) is 0 Å².